The zero-order chi connectivity index (χ0) is 24.0. The Morgan fingerprint density at radius 3 is 2.23 bits per heavy atom. The Morgan fingerprint density at radius 1 is 0.857 bits per heavy atom. The lowest BCUT2D eigenvalue weighted by Crippen LogP contribution is -2.46. The molecule has 2 N–H and O–H groups in total. The number of hydrogen-bond acceptors (Lipinski definition) is 8. The topological polar surface area (TPSA) is 98.0 Å². The highest BCUT2D eigenvalue weighted by atomic mass is 16.5. The summed E-state index contributed by atoms with van der Waals surface area (Å²) in [7, 11) is 0. The maximum absolute atomic E-state index is 11.4. The highest BCUT2D eigenvalue weighted by Crippen LogP contribution is 2.24. The van der Waals surface area contributed by atoms with E-state index < -0.39 is 5.91 Å². The van der Waals surface area contributed by atoms with Crippen LogP contribution in [0.2, 0.25) is 0 Å². The molecule has 2 saturated heterocycles. The number of hydroxylamine groups is 1. The molecule has 0 saturated carbocycles. The predicted molar refractivity (Wildman–Crippen MR) is 132 cm³/mol. The number of furan rings is 1. The Labute approximate surface area is 205 Å². The van der Waals surface area contributed by atoms with Crippen molar-refractivity contribution >= 4 is 11.9 Å². The van der Waals surface area contributed by atoms with Gasteiger partial charge < -0.3 is 9.32 Å². The lowest BCUT2D eigenvalue weighted by molar-refractivity contribution is 0.0705. The van der Waals surface area contributed by atoms with Crippen molar-refractivity contribution in [2.75, 3.05) is 44.2 Å². The summed E-state index contributed by atoms with van der Waals surface area (Å²) in [6, 6.07) is 12.9. The fourth-order valence-electron chi connectivity index (χ4n) is 4.76. The van der Waals surface area contributed by atoms with Crippen LogP contribution in [-0.4, -0.2) is 70.2 Å². The van der Waals surface area contributed by atoms with E-state index in [4.69, 9.17) is 9.62 Å². The minimum Gasteiger partial charge on any atom is -0.460 e. The van der Waals surface area contributed by atoms with Crippen LogP contribution in [0.1, 0.15) is 40.9 Å². The molecule has 9 nitrogen and oxygen atoms in total. The number of nitrogens with one attached hydrogen (secondary N) is 1. The molecule has 0 radical (unpaired) electrons. The standard InChI is InChI=1S/C26H32N6O3/c33-25(29-34)22-16-27-26(28-17-22)32-14-12-31(13-15-32)19-23-8-9-24(35-23)21-6-4-20(5-7-21)18-30-10-2-1-3-11-30/h4-9,16-17,34H,1-3,10-15,18-19H2,(H,29,33). The van der Waals surface area contributed by atoms with Crippen LogP contribution in [0.4, 0.5) is 5.95 Å². The molecule has 1 aromatic carbocycles. The fraction of sp³-hybridized carbons (Fsp3) is 0.423. The van der Waals surface area contributed by atoms with Crippen LogP contribution in [0.15, 0.2) is 53.2 Å². The summed E-state index contributed by atoms with van der Waals surface area (Å²) in [6.07, 6.45) is 6.83. The number of benzene rings is 1. The van der Waals surface area contributed by atoms with Crippen LogP contribution >= 0.6 is 0 Å². The summed E-state index contributed by atoms with van der Waals surface area (Å²) in [5.74, 6) is 1.83. The zero-order valence-corrected chi connectivity index (χ0v) is 19.9. The number of piperazine rings is 1. The van der Waals surface area contributed by atoms with Gasteiger partial charge in [0.25, 0.3) is 5.91 Å². The molecule has 0 bridgehead atoms. The van der Waals surface area contributed by atoms with Gasteiger partial charge in [-0.3, -0.25) is 19.8 Å². The Bertz CT molecular complexity index is 1100. The van der Waals surface area contributed by atoms with Gasteiger partial charge in [-0.05, 0) is 43.6 Å². The molecule has 9 heteroatoms. The highest BCUT2D eigenvalue weighted by Gasteiger charge is 2.20. The molecular weight excluding hydrogens is 444 g/mol. The average Bonchev–Trinajstić information content (AvgIpc) is 3.38. The Morgan fingerprint density at radius 2 is 1.54 bits per heavy atom. The van der Waals surface area contributed by atoms with Crippen molar-refractivity contribution in [3.05, 3.63) is 65.7 Å². The summed E-state index contributed by atoms with van der Waals surface area (Å²) >= 11 is 0. The molecule has 184 valence electrons. The van der Waals surface area contributed by atoms with Gasteiger partial charge in [-0.2, -0.15) is 0 Å². The van der Waals surface area contributed by atoms with Crippen LogP contribution in [0, 0.1) is 0 Å². The second-order valence-corrected chi connectivity index (χ2v) is 9.28. The summed E-state index contributed by atoms with van der Waals surface area (Å²) in [5.41, 5.74) is 4.28. The van der Waals surface area contributed by atoms with Crippen molar-refractivity contribution in [3.8, 4) is 11.3 Å². The van der Waals surface area contributed by atoms with Crippen LogP contribution in [0.3, 0.4) is 0 Å². The van der Waals surface area contributed by atoms with Crippen molar-refractivity contribution in [3.63, 3.8) is 0 Å². The fourth-order valence-corrected chi connectivity index (χ4v) is 4.76. The van der Waals surface area contributed by atoms with Gasteiger partial charge in [-0.25, -0.2) is 15.4 Å². The van der Waals surface area contributed by atoms with Crippen LogP contribution in [0.5, 0.6) is 0 Å². The molecule has 0 unspecified atom stereocenters. The second kappa shape index (κ2) is 11.0. The Balaban J connectivity index is 1.12. The Kier molecular flexibility index (Phi) is 7.37. The minimum absolute atomic E-state index is 0.222. The number of likely N-dealkylation sites (tertiary alicyclic amines) is 1. The van der Waals surface area contributed by atoms with Crippen molar-refractivity contribution < 1.29 is 14.4 Å². The van der Waals surface area contributed by atoms with Gasteiger partial charge in [0.2, 0.25) is 5.95 Å². The van der Waals surface area contributed by atoms with Crippen molar-refractivity contribution in [1.29, 1.82) is 0 Å². The smallest absolute Gasteiger partial charge is 0.277 e. The highest BCUT2D eigenvalue weighted by molar-refractivity contribution is 5.92. The number of piperidine rings is 1. The molecule has 0 aliphatic carbocycles. The average molecular weight is 477 g/mol. The summed E-state index contributed by atoms with van der Waals surface area (Å²) in [4.78, 5) is 26.9. The first kappa shape index (κ1) is 23.5. The van der Waals surface area contributed by atoms with Gasteiger partial charge in [-0.15, -0.1) is 0 Å². The molecule has 5 rings (SSSR count). The molecule has 2 aliphatic rings. The van der Waals surface area contributed by atoms with E-state index in [0.29, 0.717) is 5.95 Å². The summed E-state index contributed by atoms with van der Waals surface area (Å²) in [6.45, 7) is 7.52. The zero-order valence-electron chi connectivity index (χ0n) is 19.9. The number of hydrogen-bond donors (Lipinski definition) is 2. The van der Waals surface area contributed by atoms with Crippen molar-refractivity contribution in [2.24, 2.45) is 0 Å². The first-order chi connectivity index (χ1) is 17.2. The normalized spacial score (nSPS) is 17.5. The number of carbonyl (C=O) groups excluding carboxylic acids is 1. The number of rotatable bonds is 7. The molecule has 35 heavy (non-hydrogen) atoms. The first-order valence-electron chi connectivity index (χ1n) is 12.3. The molecule has 1 amide bonds. The number of anilines is 1. The van der Waals surface area contributed by atoms with E-state index in [2.05, 4.69) is 61.1 Å². The summed E-state index contributed by atoms with van der Waals surface area (Å²) < 4.78 is 6.17. The van der Waals surface area contributed by atoms with E-state index in [1.54, 1.807) is 5.48 Å². The van der Waals surface area contributed by atoms with Gasteiger partial charge in [0.05, 0.1) is 12.1 Å². The van der Waals surface area contributed by atoms with E-state index in [9.17, 15) is 4.79 Å². The Hall–Kier alpha value is -3.27. The second-order valence-electron chi connectivity index (χ2n) is 9.28. The van der Waals surface area contributed by atoms with Crippen molar-refractivity contribution in [2.45, 2.75) is 32.4 Å². The molecule has 4 heterocycles. The molecule has 2 aromatic heterocycles. The third kappa shape index (κ3) is 5.87. The number of carbonyl (C=O) groups is 1. The molecule has 0 atom stereocenters. The number of amides is 1. The molecular formula is C26H32N6O3. The predicted octanol–water partition coefficient (Wildman–Crippen LogP) is 3.16. The van der Waals surface area contributed by atoms with Crippen LogP contribution in [-0.2, 0) is 13.1 Å². The molecule has 2 fully saturated rings. The SMILES string of the molecule is O=C(NO)c1cnc(N2CCN(Cc3ccc(-c4ccc(CN5CCCCC5)cc4)o3)CC2)nc1. The van der Waals surface area contributed by atoms with Gasteiger partial charge in [0, 0.05) is 50.7 Å². The van der Waals surface area contributed by atoms with Crippen molar-refractivity contribution in [1.82, 2.24) is 25.2 Å². The molecule has 0 spiro atoms. The van der Waals surface area contributed by atoms with E-state index in [0.717, 1.165) is 56.4 Å². The van der Waals surface area contributed by atoms with Crippen LogP contribution in [0.25, 0.3) is 11.3 Å². The lowest BCUT2D eigenvalue weighted by atomic mass is 10.1. The largest absolute Gasteiger partial charge is 0.460 e. The minimum atomic E-state index is -0.618. The lowest BCUT2D eigenvalue weighted by Gasteiger charge is -2.34. The quantitative estimate of drug-likeness (QED) is 0.396. The maximum Gasteiger partial charge on any atom is 0.277 e. The van der Waals surface area contributed by atoms with E-state index in [1.807, 2.05) is 0 Å². The maximum atomic E-state index is 11.4. The molecule has 3 aromatic rings. The molecule has 2 aliphatic heterocycles. The van der Waals surface area contributed by atoms with E-state index in [-0.39, 0.29) is 5.56 Å². The number of nitrogens with zero attached hydrogens (tertiary/aromatic N) is 5. The van der Waals surface area contributed by atoms with E-state index in [1.165, 1.54) is 50.3 Å². The van der Waals surface area contributed by atoms with Gasteiger partial charge in [0.15, 0.2) is 0 Å². The monoisotopic (exact) mass is 476 g/mol. The first-order valence-corrected chi connectivity index (χ1v) is 12.3. The third-order valence-electron chi connectivity index (χ3n) is 6.79. The van der Waals surface area contributed by atoms with E-state index >= 15 is 0 Å². The van der Waals surface area contributed by atoms with Gasteiger partial charge in [0.1, 0.15) is 11.5 Å². The van der Waals surface area contributed by atoms with Crippen LogP contribution < -0.4 is 10.4 Å². The summed E-state index contributed by atoms with van der Waals surface area (Å²) in [5, 5.41) is 8.71. The third-order valence-corrected chi connectivity index (χ3v) is 6.79. The number of aromatic nitrogens is 2. The van der Waals surface area contributed by atoms with Gasteiger partial charge >= 0.3 is 0 Å². The van der Waals surface area contributed by atoms with Gasteiger partial charge in [-0.1, -0.05) is 30.7 Å².